The van der Waals surface area contributed by atoms with Crippen LogP contribution in [0.5, 0.6) is 5.75 Å². The second kappa shape index (κ2) is 14.8. The topological polar surface area (TPSA) is 62.3 Å². The fraction of sp³-hybridized carbons (Fsp3) is 0.517. The third kappa shape index (κ3) is 9.06. The molecule has 7 nitrogen and oxygen atoms in total. The SMILES string of the molecule is COCC(=O)N1CCCN(CC(C)C)CCCN(C(=O)CCOc2ccc(F)cc2)Cc2cc(F)ccc21. The number of halogens is 2. The van der Waals surface area contributed by atoms with Crippen LogP contribution in [0.4, 0.5) is 14.5 Å². The molecule has 0 aliphatic carbocycles. The van der Waals surface area contributed by atoms with Crippen LogP contribution < -0.4 is 9.64 Å². The quantitative estimate of drug-likeness (QED) is 0.502. The zero-order valence-electron chi connectivity index (χ0n) is 22.6. The Morgan fingerprint density at radius 1 is 0.921 bits per heavy atom. The first kappa shape index (κ1) is 29.5. The van der Waals surface area contributed by atoms with Crippen LogP contribution in [0.2, 0.25) is 0 Å². The standard InChI is InChI=1S/C29H39F2N3O4/c1-22(2)19-32-13-4-15-33(28(35)12-17-38-26-9-6-24(30)7-10-26)20-23-18-25(31)8-11-27(23)34(16-5-14-32)29(36)21-37-3/h6-11,18,22H,4-5,12-17,19-21H2,1-3H3. The number of carbonyl (C=O) groups is 2. The van der Waals surface area contributed by atoms with Gasteiger partial charge in [0.05, 0.1) is 13.0 Å². The first-order valence-corrected chi connectivity index (χ1v) is 13.2. The molecule has 0 saturated carbocycles. The summed E-state index contributed by atoms with van der Waals surface area (Å²) in [5, 5.41) is 0. The van der Waals surface area contributed by atoms with Crippen molar-refractivity contribution in [3.63, 3.8) is 0 Å². The molecule has 0 aromatic heterocycles. The molecule has 1 heterocycles. The Morgan fingerprint density at radius 3 is 2.29 bits per heavy atom. The minimum atomic E-state index is -0.426. The Hall–Kier alpha value is -3.04. The highest BCUT2D eigenvalue weighted by atomic mass is 19.1. The number of fused-ring (bicyclic) bond motifs is 1. The molecule has 2 aromatic rings. The van der Waals surface area contributed by atoms with Gasteiger partial charge in [-0.05, 0) is 79.9 Å². The number of anilines is 1. The van der Waals surface area contributed by atoms with E-state index in [0.717, 1.165) is 32.5 Å². The van der Waals surface area contributed by atoms with Gasteiger partial charge in [-0.15, -0.1) is 0 Å². The van der Waals surface area contributed by atoms with E-state index in [9.17, 15) is 18.4 Å². The summed E-state index contributed by atoms with van der Waals surface area (Å²) in [4.78, 5) is 32.0. The van der Waals surface area contributed by atoms with E-state index in [4.69, 9.17) is 9.47 Å². The number of carbonyl (C=O) groups excluding carboxylic acids is 2. The van der Waals surface area contributed by atoms with Crippen LogP contribution in [0, 0.1) is 17.6 Å². The van der Waals surface area contributed by atoms with E-state index in [1.54, 1.807) is 15.9 Å². The van der Waals surface area contributed by atoms with E-state index < -0.39 is 5.82 Å². The van der Waals surface area contributed by atoms with E-state index in [0.29, 0.717) is 36.0 Å². The Morgan fingerprint density at radius 2 is 1.61 bits per heavy atom. The zero-order valence-corrected chi connectivity index (χ0v) is 22.6. The maximum absolute atomic E-state index is 14.4. The normalized spacial score (nSPS) is 15.5. The van der Waals surface area contributed by atoms with Crippen LogP contribution in [0.1, 0.15) is 38.7 Å². The van der Waals surface area contributed by atoms with Crippen molar-refractivity contribution >= 4 is 17.5 Å². The molecule has 3 rings (SSSR count). The minimum Gasteiger partial charge on any atom is -0.493 e. The fourth-order valence-corrected chi connectivity index (χ4v) is 4.72. The average molecular weight is 532 g/mol. The number of rotatable bonds is 8. The van der Waals surface area contributed by atoms with E-state index in [1.807, 2.05) is 0 Å². The van der Waals surface area contributed by atoms with Crippen LogP contribution in [-0.4, -0.2) is 74.7 Å². The second-order valence-electron chi connectivity index (χ2n) is 10.0. The number of benzene rings is 2. The lowest BCUT2D eigenvalue weighted by Crippen LogP contribution is -2.40. The van der Waals surface area contributed by atoms with Gasteiger partial charge < -0.3 is 24.2 Å². The van der Waals surface area contributed by atoms with Gasteiger partial charge in [0.25, 0.3) is 5.91 Å². The number of nitrogens with zero attached hydrogens (tertiary/aromatic N) is 3. The predicted molar refractivity (Wildman–Crippen MR) is 143 cm³/mol. The van der Waals surface area contributed by atoms with Gasteiger partial charge in [-0.1, -0.05) is 13.8 Å². The smallest absolute Gasteiger partial charge is 0.252 e. The molecule has 0 spiro atoms. The molecule has 0 saturated heterocycles. The lowest BCUT2D eigenvalue weighted by atomic mass is 10.1. The van der Waals surface area contributed by atoms with Crippen LogP contribution in [0.15, 0.2) is 42.5 Å². The highest BCUT2D eigenvalue weighted by Gasteiger charge is 2.23. The molecule has 0 atom stereocenters. The monoisotopic (exact) mass is 531 g/mol. The van der Waals surface area contributed by atoms with Gasteiger partial charge in [0.15, 0.2) is 0 Å². The van der Waals surface area contributed by atoms with Gasteiger partial charge in [0, 0.05) is 39.0 Å². The predicted octanol–water partition coefficient (Wildman–Crippen LogP) is 4.49. The third-order valence-electron chi connectivity index (χ3n) is 6.40. The summed E-state index contributed by atoms with van der Waals surface area (Å²) in [6, 6.07) is 9.99. The summed E-state index contributed by atoms with van der Waals surface area (Å²) in [5.74, 6) is -0.160. The minimum absolute atomic E-state index is 0.0874. The van der Waals surface area contributed by atoms with Gasteiger partial charge in [-0.3, -0.25) is 9.59 Å². The van der Waals surface area contributed by atoms with Crippen molar-refractivity contribution in [3.8, 4) is 5.75 Å². The van der Waals surface area contributed by atoms with Gasteiger partial charge in [0.1, 0.15) is 24.0 Å². The molecule has 2 amide bonds. The molecule has 38 heavy (non-hydrogen) atoms. The first-order chi connectivity index (χ1) is 18.3. The van der Waals surface area contributed by atoms with E-state index >= 15 is 0 Å². The molecule has 2 aromatic carbocycles. The number of hydrogen-bond donors (Lipinski definition) is 0. The van der Waals surface area contributed by atoms with Crippen molar-refractivity contribution in [1.29, 1.82) is 0 Å². The number of hydrogen-bond acceptors (Lipinski definition) is 5. The number of methoxy groups -OCH3 is 1. The second-order valence-corrected chi connectivity index (χ2v) is 10.0. The Labute approximate surface area is 224 Å². The maximum atomic E-state index is 14.4. The van der Waals surface area contributed by atoms with Gasteiger partial charge in [0.2, 0.25) is 5.91 Å². The van der Waals surface area contributed by atoms with Gasteiger partial charge in [-0.2, -0.15) is 0 Å². The largest absolute Gasteiger partial charge is 0.493 e. The molecule has 0 fully saturated rings. The van der Waals surface area contributed by atoms with Crippen LogP contribution in [0.25, 0.3) is 0 Å². The first-order valence-electron chi connectivity index (χ1n) is 13.2. The lowest BCUT2D eigenvalue weighted by Gasteiger charge is -2.32. The van der Waals surface area contributed by atoms with Gasteiger partial charge in [-0.25, -0.2) is 8.78 Å². The average Bonchev–Trinajstić information content (AvgIpc) is 2.86. The Bertz CT molecular complexity index is 1050. The molecule has 0 bridgehead atoms. The molecule has 0 N–H and O–H groups in total. The summed E-state index contributed by atoms with van der Waals surface area (Å²) in [5.41, 5.74) is 1.16. The molecule has 9 heteroatoms. The zero-order chi connectivity index (χ0) is 27.5. The van der Waals surface area contributed by atoms with Crippen LogP contribution in [0.3, 0.4) is 0 Å². The van der Waals surface area contributed by atoms with E-state index in [2.05, 4.69) is 18.7 Å². The summed E-state index contributed by atoms with van der Waals surface area (Å²) in [7, 11) is 1.47. The van der Waals surface area contributed by atoms with Crippen molar-refractivity contribution in [2.75, 3.05) is 57.9 Å². The molecule has 1 aliphatic heterocycles. The lowest BCUT2D eigenvalue weighted by molar-refractivity contribution is -0.132. The van der Waals surface area contributed by atoms with Crippen LogP contribution >= 0.6 is 0 Å². The van der Waals surface area contributed by atoms with Gasteiger partial charge >= 0.3 is 0 Å². The molecule has 208 valence electrons. The fourth-order valence-electron chi connectivity index (χ4n) is 4.72. The van der Waals surface area contributed by atoms with E-state index in [1.165, 1.54) is 43.5 Å². The highest BCUT2D eigenvalue weighted by molar-refractivity contribution is 5.95. The molecule has 0 unspecified atom stereocenters. The third-order valence-corrected chi connectivity index (χ3v) is 6.40. The van der Waals surface area contributed by atoms with E-state index in [-0.39, 0.29) is 43.8 Å². The Kier molecular flexibility index (Phi) is 11.5. The molecular weight excluding hydrogens is 492 g/mol. The summed E-state index contributed by atoms with van der Waals surface area (Å²) in [6.45, 7) is 8.07. The molecule has 1 aliphatic rings. The van der Waals surface area contributed by atoms with Crippen LogP contribution in [-0.2, 0) is 20.9 Å². The van der Waals surface area contributed by atoms with Crippen molar-refractivity contribution in [2.24, 2.45) is 5.92 Å². The summed E-state index contributed by atoms with van der Waals surface area (Å²) < 4.78 is 38.3. The van der Waals surface area contributed by atoms with Crippen molar-refractivity contribution in [2.45, 2.75) is 39.7 Å². The molecule has 0 radical (unpaired) electrons. The number of ether oxygens (including phenoxy) is 2. The Balaban J connectivity index is 1.83. The summed E-state index contributed by atoms with van der Waals surface area (Å²) >= 11 is 0. The molecular formula is C29H39F2N3O4. The van der Waals surface area contributed by atoms with Crippen molar-refractivity contribution in [1.82, 2.24) is 9.80 Å². The van der Waals surface area contributed by atoms with Crippen molar-refractivity contribution < 1.29 is 27.8 Å². The summed E-state index contributed by atoms with van der Waals surface area (Å²) in [6.07, 6.45) is 1.65. The number of amides is 2. The maximum Gasteiger partial charge on any atom is 0.252 e. The van der Waals surface area contributed by atoms with Crippen molar-refractivity contribution in [3.05, 3.63) is 59.7 Å². The highest BCUT2D eigenvalue weighted by Crippen LogP contribution is 2.25.